The average molecular weight is 190 g/mol. The van der Waals surface area contributed by atoms with Gasteiger partial charge in [-0.15, -0.1) is 0 Å². The van der Waals surface area contributed by atoms with E-state index in [1.807, 2.05) is 0 Å². The number of rotatable bonds is 3. The fraction of sp³-hybridized carbons (Fsp3) is 0.889. The van der Waals surface area contributed by atoms with Gasteiger partial charge in [-0.2, -0.15) is 0 Å². The molecule has 1 N–H and O–H groups in total. The van der Waals surface area contributed by atoms with Crippen molar-refractivity contribution in [2.24, 2.45) is 5.41 Å². The Bertz CT molecular complexity index is 215. The van der Waals surface area contributed by atoms with Crippen LogP contribution in [0.5, 0.6) is 0 Å². The molecule has 1 atom stereocenters. The number of halogens is 1. The molecule has 1 unspecified atom stereocenters. The largest absolute Gasteiger partial charge is 0.467 e. The summed E-state index contributed by atoms with van der Waals surface area (Å²) < 4.78 is 18.0. The minimum Gasteiger partial charge on any atom is -0.467 e. The second-order valence-electron chi connectivity index (χ2n) is 4.05. The van der Waals surface area contributed by atoms with E-state index in [-0.39, 0.29) is 0 Å². The van der Waals surface area contributed by atoms with Gasteiger partial charge in [0.1, 0.15) is 5.67 Å². The monoisotopic (exact) mass is 190 g/mol. The maximum atomic E-state index is 13.6. The van der Waals surface area contributed by atoms with Crippen molar-refractivity contribution < 1.29 is 19.0 Å². The SMILES string of the molecule is COC(=O)C(O)C1(C(C)(C)F)CC1. The third-order valence-electron chi connectivity index (χ3n) is 2.92. The Hall–Kier alpha value is -0.640. The van der Waals surface area contributed by atoms with Crippen molar-refractivity contribution in [3.63, 3.8) is 0 Å². The highest BCUT2D eigenvalue weighted by Crippen LogP contribution is 2.58. The number of aliphatic hydroxyl groups excluding tert-OH is 1. The number of hydrogen-bond acceptors (Lipinski definition) is 3. The van der Waals surface area contributed by atoms with Gasteiger partial charge in [-0.05, 0) is 26.7 Å². The number of carbonyl (C=O) groups is 1. The molecule has 0 bridgehead atoms. The highest BCUT2D eigenvalue weighted by atomic mass is 19.1. The van der Waals surface area contributed by atoms with Crippen LogP contribution in [0, 0.1) is 5.41 Å². The summed E-state index contributed by atoms with van der Waals surface area (Å²) in [5.74, 6) is -0.747. The van der Waals surface area contributed by atoms with Crippen LogP contribution in [0.25, 0.3) is 0 Å². The van der Waals surface area contributed by atoms with Gasteiger partial charge in [-0.1, -0.05) is 0 Å². The predicted molar refractivity (Wildman–Crippen MR) is 44.9 cm³/mol. The lowest BCUT2D eigenvalue weighted by Gasteiger charge is -2.29. The average Bonchev–Trinajstić information content (AvgIpc) is 2.80. The Balaban J connectivity index is 2.77. The Morgan fingerprint density at radius 1 is 1.62 bits per heavy atom. The topological polar surface area (TPSA) is 46.5 Å². The Kier molecular flexibility index (Phi) is 2.36. The van der Waals surface area contributed by atoms with Gasteiger partial charge in [0.2, 0.25) is 0 Å². The molecule has 1 saturated carbocycles. The van der Waals surface area contributed by atoms with E-state index < -0.39 is 23.2 Å². The van der Waals surface area contributed by atoms with Crippen LogP contribution in [0.1, 0.15) is 26.7 Å². The van der Waals surface area contributed by atoms with Crippen LogP contribution < -0.4 is 0 Å². The second-order valence-corrected chi connectivity index (χ2v) is 4.05. The van der Waals surface area contributed by atoms with Crippen LogP contribution in [0.2, 0.25) is 0 Å². The third-order valence-corrected chi connectivity index (χ3v) is 2.92. The standard InChI is InChI=1S/C9H15FO3/c1-8(2,10)9(4-5-9)6(11)7(12)13-3/h6,11H,4-5H2,1-3H3. The van der Waals surface area contributed by atoms with Gasteiger partial charge < -0.3 is 9.84 Å². The zero-order chi connectivity index (χ0) is 10.3. The van der Waals surface area contributed by atoms with Gasteiger partial charge in [-0.25, -0.2) is 9.18 Å². The zero-order valence-electron chi connectivity index (χ0n) is 8.13. The lowest BCUT2D eigenvalue weighted by atomic mass is 9.84. The molecule has 13 heavy (non-hydrogen) atoms. The molecule has 0 aliphatic heterocycles. The molecule has 0 saturated heterocycles. The van der Waals surface area contributed by atoms with Crippen molar-refractivity contribution in [2.75, 3.05) is 7.11 Å². The van der Waals surface area contributed by atoms with Crippen molar-refractivity contribution in [1.29, 1.82) is 0 Å². The number of ether oxygens (including phenoxy) is 1. The second kappa shape index (κ2) is 2.94. The van der Waals surface area contributed by atoms with Crippen LogP contribution in [0.15, 0.2) is 0 Å². The lowest BCUT2D eigenvalue weighted by Crippen LogP contribution is -2.43. The van der Waals surface area contributed by atoms with Gasteiger partial charge in [0.25, 0.3) is 0 Å². The first-order chi connectivity index (χ1) is 5.85. The number of carbonyl (C=O) groups excluding carboxylic acids is 1. The van der Waals surface area contributed by atoms with Crippen LogP contribution in [-0.4, -0.2) is 30.0 Å². The summed E-state index contributed by atoms with van der Waals surface area (Å²) >= 11 is 0. The van der Waals surface area contributed by atoms with Gasteiger partial charge >= 0.3 is 5.97 Å². The fourth-order valence-electron chi connectivity index (χ4n) is 1.66. The molecular weight excluding hydrogens is 175 g/mol. The van der Waals surface area contributed by atoms with Gasteiger partial charge in [0.15, 0.2) is 6.10 Å². The Morgan fingerprint density at radius 3 is 2.31 bits per heavy atom. The van der Waals surface area contributed by atoms with Crippen molar-refractivity contribution in [3.8, 4) is 0 Å². The van der Waals surface area contributed by atoms with E-state index >= 15 is 0 Å². The molecule has 3 nitrogen and oxygen atoms in total. The molecule has 0 spiro atoms. The number of aliphatic hydroxyl groups is 1. The molecule has 0 radical (unpaired) electrons. The molecule has 1 aliphatic rings. The third kappa shape index (κ3) is 1.55. The molecule has 1 fully saturated rings. The molecule has 1 aliphatic carbocycles. The molecule has 0 heterocycles. The van der Waals surface area contributed by atoms with E-state index in [4.69, 9.17) is 0 Å². The zero-order valence-corrected chi connectivity index (χ0v) is 8.13. The van der Waals surface area contributed by atoms with Gasteiger partial charge in [0.05, 0.1) is 7.11 Å². The first-order valence-corrected chi connectivity index (χ1v) is 4.30. The number of esters is 1. The van der Waals surface area contributed by atoms with Crippen LogP contribution in [0.3, 0.4) is 0 Å². The molecule has 4 heteroatoms. The summed E-state index contributed by atoms with van der Waals surface area (Å²) in [6.45, 7) is 2.76. The molecule has 1 rings (SSSR count). The van der Waals surface area contributed by atoms with Crippen LogP contribution in [-0.2, 0) is 9.53 Å². The Morgan fingerprint density at radius 2 is 2.08 bits per heavy atom. The minimum atomic E-state index is -1.54. The first-order valence-electron chi connectivity index (χ1n) is 4.30. The fourth-order valence-corrected chi connectivity index (χ4v) is 1.66. The molecular formula is C9H15FO3. The highest BCUT2D eigenvalue weighted by Gasteiger charge is 2.62. The van der Waals surface area contributed by atoms with E-state index in [0.29, 0.717) is 12.8 Å². The number of alkyl halides is 1. The Labute approximate surface area is 76.9 Å². The summed E-state index contributed by atoms with van der Waals surface area (Å²) in [6.07, 6.45) is -0.267. The van der Waals surface area contributed by atoms with Crippen molar-refractivity contribution >= 4 is 5.97 Å². The molecule has 0 aromatic rings. The summed E-state index contributed by atoms with van der Waals surface area (Å²) in [5, 5.41) is 9.53. The van der Waals surface area contributed by atoms with Crippen molar-refractivity contribution in [2.45, 2.75) is 38.5 Å². The van der Waals surface area contributed by atoms with Crippen LogP contribution >= 0.6 is 0 Å². The van der Waals surface area contributed by atoms with E-state index in [0.717, 1.165) is 0 Å². The van der Waals surface area contributed by atoms with E-state index in [2.05, 4.69) is 4.74 Å². The highest BCUT2D eigenvalue weighted by molar-refractivity contribution is 5.76. The van der Waals surface area contributed by atoms with E-state index in [1.165, 1.54) is 21.0 Å². The molecule has 76 valence electrons. The molecule has 0 amide bonds. The van der Waals surface area contributed by atoms with Gasteiger partial charge in [0, 0.05) is 5.41 Å². The lowest BCUT2D eigenvalue weighted by molar-refractivity contribution is -0.158. The maximum Gasteiger partial charge on any atom is 0.335 e. The maximum absolute atomic E-state index is 13.6. The van der Waals surface area contributed by atoms with Gasteiger partial charge in [-0.3, -0.25) is 0 Å². The molecule has 0 aromatic carbocycles. The molecule has 0 aromatic heterocycles. The van der Waals surface area contributed by atoms with E-state index in [9.17, 15) is 14.3 Å². The summed E-state index contributed by atoms with van der Waals surface area (Å²) in [6, 6.07) is 0. The predicted octanol–water partition coefficient (Wildman–Crippen LogP) is 1.05. The quantitative estimate of drug-likeness (QED) is 0.676. The number of hydrogen-bond donors (Lipinski definition) is 1. The summed E-state index contributed by atoms with van der Waals surface area (Å²) in [5.41, 5.74) is -2.46. The van der Waals surface area contributed by atoms with Crippen molar-refractivity contribution in [1.82, 2.24) is 0 Å². The van der Waals surface area contributed by atoms with Crippen molar-refractivity contribution in [3.05, 3.63) is 0 Å². The summed E-state index contributed by atoms with van der Waals surface area (Å²) in [7, 11) is 1.19. The minimum absolute atomic E-state index is 0.534. The first kappa shape index (κ1) is 10.4. The normalized spacial score (nSPS) is 22.2. The smallest absolute Gasteiger partial charge is 0.335 e. The van der Waals surface area contributed by atoms with Crippen LogP contribution in [0.4, 0.5) is 4.39 Å². The van der Waals surface area contributed by atoms with E-state index in [1.54, 1.807) is 0 Å². The number of methoxy groups -OCH3 is 1. The summed E-state index contributed by atoms with van der Waals surface area (Å²) in [4.78, 5) is 11.0.